The maximum absolute atomic E-state index is 10.7. The van der Waals surface area contributed by atoms with Crippen molar-refractivity contribution in [2.45, 2.75) is 83.7 Å². The highest BCUT2D eigenvalue weighted by Gasteiger charge is 2.16. The largest absolute Gasteiger partial charge is 0.481 e. The molecule has 0 fully saturated rings. The Hall–Kier alpha value is -1.10. The van der Waals surface area contributed by atoms with Crippen LogP contribution in [-0.2, 0) is 9.59 Å². The maximum Gasteiger partial charge on any atom is 0.303 e. The summed E-state index contributed by atoms with van der Waals surface area (Å²) in [6, 6.07) is 0. The Morgan fingerprint density at radius 1 is 0.762 bits per heavy atom. The zero-order chi connectivity index (χ0) is 16.1. The maximum atomic E-state index is 10.7. The van der Waals surface area contributed by atoms with Gasteiger partial charge in [-0.1, -0.05) is 44.9 Å². The van der Waals surface area contributed by atoms with Gasteiger partial charge in [-0.05, 0) is 25.7 Å². The van der Waals surface area contributed by atoms with Gasteiger partial charge in [0.25, 0.3) is 0 Å². The van der Waals surface area contributed by atoms with Gasteiger partial charge in [-0.2, -0.15) is 0 Å². The van der Waals surface area contributed by atoms with Crippen molar-refractivity contribution in [3.05, 3.63) is 0 Å². The van der Waals surface area contributed by atoms with E-state index in [0.717, 1.165) is 44.9 Å². The summed E-state index contributed by atoms with van der Waals surface area (Å²) in [7, 11) is 0. The summed E-state index contributed by atoms with van der Waals surface area (Å²) < 4.78 is 0. The molecule has 0 saturated heterocycles. The molecule has 0 aromatic rings. The summed E-state index contributed by atoms with van der Waals surface area (Å²) in [6.07, 6.45) is 8.83. The molecule has 0 aromatic heterocycles. The Bertz CT molecular complexity index is 272. The quantitative estimate of drug-likeness (QED) is 0.427. The minimum absolute atomic E-state index is 0.0500. The normalized spacial score (nSPS) is 12.5. The summed E-state index contributed by atoms with van der Waals surface area (Å²) in [5.41, 5.74) is 0. The molecule has 0 aliphatic heterocycles. The van der Waals surface area contributed by atoms with E-state index in [1.807, 2.05) is 6.92 Å². The van der Waals surface area contributed by atoms with Crippen LogP contribution in [0.25, 0.3) is 0 Å². The number of carbonyl (C=O) groups is 2. The van der Waals surface area contributed by atoms with Crippen LogP contribution in [0.15, 0.2) is 0 Å². The highest BCUT2D eigenvalue weighted by atomic mass is 16.4. The van der Waals surface area contributed by atoms with Gasteiger partial charge in [0.05, 0.1) is 6.10 Å². The predicted octanol–water partition coefficient (Wildman–Crippen LogP) is 3.44. The van der Waals surface area contributed by atoms with E-state index < -0.39 is 11.9 Å². The molecule has 0 aromatic carbocycles. The first-order valence-electron chi connectivity index (χ1n) is 8.03. The summed E-state index contributed by atoms with van der Waals surface area (Å²) in [4.78, 5) is 21.3. The van der Waals surface area contributed by atoms with Gasteiger partial charge < -0.3 is 15.3 Å². The van der Waals surface area contributed by atoms with Gasteiger partial charge in [0.15, 0.2) is 0 Å². The topological polar surface area (TPSA) is 94.8 Å². The highest BCUT2D eigenvalue weighted by molar-refractivity contribution is 5.70. The molecule has 0 radical (unpaired) electrons. The number of aliphatic carboxylic acids is 2. The van der Waals surface area contributed by atoms with Crippen molar-refractivity contribution in [1.29, 1.82) is 0 Å². The van der Waals surface area contributed by atoms with Crippen molar-refractivity contribution >= 4 is 11.9 Å². The van der Waals surface area contributed by atoms with Gasteiger partial charge in [-0.25, -0.2) is 0 Å². The molecule has 0 spiro atoms. The minimum Gasteiger partial charge on any atom is -0.481 e. The molecule has 0 saturated carbocycles. The second kappa shape index (κ2) is 12.6. The van der Waals surface area contributed by atoms with Gasteiger partial charge in [0.1, 0.15) is 0 Å². The number of aliphatic hydroxyl groups is 1. The van der Waals surface area contributed by atoms with Crippen LogP contribution in [-0.4, -0.2) is 33.4 Å². The molecule has 1 unspecified atom stereocenters. The van der Waals surface area contributed by atoms with E-state index in [2.05, 4.69) is 0 Å². The number of hydrogen-bond donors (Lipinski definition) is 3. The van der Waals surface area contributed by atoms with Crippen LogP contribution in [0.1, 0.15) is 77.6 Å². The van der Waals surface area contributed by atoms with E-state index in [0.29, 0.717) is 6.42 Å². The lowest BCUT2D eigenvalue weighted by atomic mass is 9.94. The summed E-state index contributed by atoms with van der Waals surface area (Å²) >= 11 is 0. The third kappa shape index (κ3) is 15.1. The number of rotatable bonds is 14. The van der Waals surface area contributed by atoms with Gasteiger partial charge in [0.2, 0.25) is 0 Å². The molecular weight excluding hydrogens is 272 g/mol. The lowest BCUT2D eigenvalue weighted by molar-refractivity contribution is -0.140. The van der Waals surface area contributed by atoms with Crippen LogP contribution in [0.2, 0.25) is 0 Å². The molecule has 1 atom stereocenters. The van der Waals surface area contributed by atoms with Crippen LogP contribution in [0.5, 0.6) is 0 Å². The molecule has 0 heterocycles. The molecule has 5 heteroatoms. The van der Waals surface area contributed by atoms with Crippen LogP contribution < -0.4 is 0 Å². The fraction of sp³-hybridized carbons (Fsp3) is 0.875. The Morgan fingerprint density at radius 3 is 1.52 bits per heavy atom. The Kier molecular flexibility index (Phi) is 12.0. The molecule has 3 N–H and O–H groups in total. The lowest BCUT2D eigenvalue weighted by Gasteiger charge is -2.12. The fourth-order valence-corrected chi connectivity index (χ4v) is 2.53. The van der Waals surface area contributed by atoms with Crippen molar-refractivity contribution in [3.63, 3.8) is 0 Å². The molecule has 0 bridgehead atoms. The van der Waals surface area contributed by atoms with Crippen molar-refractivity contribution in [2.75, 3.05) is 0 Å². The van der Waals surface area contributed by atoms with Crippen molar-refractivity contribution < 1.29 is 24.9 Å². The van der Waals surface area contributed by atoms with Gasteiger partial charge in [-0.15, -0.1) is 0 Å². The summed E-state index contributed by atoms with van der Waals surface area (Å²) in [6.45, 7) is 1.81. The number of carboxylic acids is 2. The van der Waals surface area contributed by atoms with Crippen LogP contribution >= 0.6 is 0 Å². The molecular formula is C16H30O5. The Morgan fingerprint density at radius 2 is 1.14 bits per heavy atom. The second-order valence-corrected chi connectivity index (χ2v) is 5.96. The zero-order valence-corrected chi connectivity index (χ0v) is 13.1. The van der Waals surface area contributed by atoms with Crippen LogP contribution in [0.4, 0.5) is 0 Å². The highest BCUT2D eigenvalue weighted by Crippen LogP contribution is 2.19. The molecule has 5 nitrogen and oxygen atoms in total. The Balaban J connectivity index is 3.53. The van der Waals surface area contributed by atoms with Crippen molar-refractivity contribution in [3.8, 4) is 0 Å². The van der Waals surface area contributed by atoms with Crippen molar-refractivity contribution in [2.24, 2.45) is 5.92 Å². The number of unbranched alkanes of at least 4 members (excludes halogenated alkanes) is 6. The molecule has 124 valence electrons. The monoisotopic (exact) mass is 302 g/mol. The van der Waals surface area contributed by atoms with Gasteiger partial charge in [-0.3, -0.25) is 9.59 Å². The molecule has 21 heavy (non-hydrogen) atoms. The number of aliphatic hydroxyl groups excluding tert-OH is 1. The first-order valence-corrected chi connectivity index (χ1v) is 8.03. The summed E-state index contributed by atoms with van der Waals surface area (Å²) in [5.74, 6) is -2.08. The van der Waals surface area contributed by atoms with E-state index in [-0.39, 0.29) is 24.9 Å². The first kappa shape index (κ1) is 19.9. The van der Waals surface area contributed by atoms with E-state index in [1.165, 1.54) is 6.42 Å². The third-order valence-corrected chi connectivity index (χ3v) is 3.66. The molecule has 0 amide bonds. The Labute approximate surface area is 127 Å². The average Bonchev–Trinajstić information content (AvgIpc) is 2.34. The minimum atomic E-state index is -0.917. The third-order valence-electron chi connectivity index (χ3n) is 3.66. The van der Waals surface area contributed by atoms with Crippen LogP contribution in [0.3, 0.4) is 0 Å². The smallest absolute Gasteiger partial charge is 0.303 e. The van der Waals surface area contributed by atoms with Crippen LogP contribution in [0, 0.1) is 5.92 Å². The van der Waals surface area contributed by atoms with E-state index in [4.69, 9.17) is 15.3 Å². The molecule has 0 aliphatic rings. The fourth-order valence-electron chi connectivity index (χ4n) is 2.53. The van der Waals surface area contributed by atoms with E-state index in [9.17, 15) is 9.59 Å². The van der Waals surface area contributed by atoms with E-state index in [1.54, 1.807) is 0 Å². The van der Waals surface area contributed by atoms with Gasteiger partial charge in [0, 0.05) is 12.8 Å². The number of hydrogen-bond acceptors (Lipinski definition) is 3. The standard InChI is InChI=1S/C16H30O5/c1-13(17)9-7-5-3-2-4-6-8-10-14(11-15(18)19)12-16(20)21/h13-14,17H,2-12H2,1H3,(H,18,19)(H,20,21). The van der Waals surface area contributed by atoms with Crippen molar-refractivity contribution in [1.82, 2.24) is 0 Å². The molecule has 0 aliphatic carbocycles. The second-order valence-electron chi connectivity index (χ2n) is 5.96. The average molecular weight is 302 g/mol. The SMILES string of the molecule is CC(O)CCCCCCCCCC(CC(=O)O)CC(=O)O. The first-order chi connectivity index (χ1) is 9.91. The zero-order valence-electron chi connectivity index (χ0n) is 13.1. The molecule has 0 rings (SSSR count). The van der Waals surface area contributed by atoms with Gasteiger partial charge >= 0.3 is 11.9 Å². The van der Waals surface area contributed by atoms with E-state index >= 15 is 0 Å². The predicted molar refractivity (Wildman–Crippen MR) is 81.2 cm³/mol. The summed E-state index contributed by atoms with van der Waals surface area (Å²) in [5, 5.41) is 26.6. The number of carboxylic acid groups (broad SMARTS) is 2. The lowest BCUT2D eigenvalue weighted by Crippen LogP contribution is -2.12.